The van der Waals surface area contributed by atoms with Gasteiger partial charge >= 0.3 is 0 Å². The average molecular weight is 193 g/mol. The van der Waals surface area contributed by atoms with Crippen molar-refractivity contribution < 1.29 is 9.13 Å². The topological polar surface area (TPSA) is 33.0 Å². The Morgan fingerprint density at radius 3 is 3.00 bits per heavy atom. The highest BCUT2D eigenvalue weighted by molar-refractivity contribution is 5.36. The minimum atomic E-state index is -0.853. The predicted octanol–water partition coefficient (Wildman–Crippen LogP) is 2.69. The molecule has 0 aromatic heterocycles. The molecule has 1 rings (SSSR count). The summed E-state index contributed by atoms with van der Waals surface area (Å²) in [5, 5.41) is 8.61. The Kier molecular flexibility index (Phi) is 3.93. The molecule has 0 saturated carbocycles. The lowest BCUT2D eigenvalue weighted by Crippen LogP contribution is -2.03. The Labute approximate surface area is 82.9 Å². The van der Waals surface area contributed by atoms with Crippen LogP contribution in [0, 0.1) is 11.3 Å². The molecule has 1 aromatic carbocycles. The van der Waals surface area contributed by atoms with E-state index in [2.05, 4.69) is 0 Å². The lowest BCUT2D eigenvalue weighted by Gasteiger charge is -2.06. The van der Waals surface area contributed by atoms with Gasteiger partial charge in [-0.3, -0.25) is 0 Å². The van der Waals surface area contributed by atoms with Crippen LogP contribution < -0.4 is 4.74 Å². The molecule has 1 unspecified atom stereocenters. The van der Waals surface area contributed by atoms with Crippen LogP contribution in [0.3, 0.4) is 0 Å². The zero-order chi connectivity index (χ0) is 10.4. The van der Waals surface area contributed by atoms with Crippen molar-refractivity contribution >= 4 is 0 Å². The molecule has 0 heterocycles. The van der Waals surface area contributed by atoms with E-state index in [4.69, 9.17) is 10.00 Å². The fourth-order valence-corrected chi connectivity index (χ4v) is 0.995. The first kappa shape index (κ1) is 10.5. The Morgan fingerprint density at radius 2 is 2.36 bits per heavy atom. The molecule has 0 spiro atoms. The van der Waals surface area contributed by atoms with Crippen LogP contribution in [-0.4, -0.2) is 12.8 Å². The summed E-state index contributed by atoms with van der Waals surface area (Å²) in [6.07, 6.45) is -0.481. The van der Waals surface area contributed by atoms with Crippen LogP contribution in [0.15, 0.2) is 24.3 Å². The maximum absolute atomic E-state index is 12.4. The van der Waals surface area contributed by atoms with E-state index in [9.17, 15) is 4.39 Å². The van der Waals surface area contributed by atoms with Gasteiger partial charge in [0.15, 0.2) is 0 Å². The maximum Gasteiger partial charge on any atom is 0.120 e. The van der Waals surface area contributed by atoms with Gasteiger partial charge in [-0.05, 0) is 25.1 Å². The van der Waals surface area contributed by atoms with Gasteiger partial charge < -0.3 is 4.74 Å². The second-order valence-corrected chi connectivity index (χ2v) is 3.06. The molecule has 74 valence electrons. The third kappa shape index (κ3) is 3.44. The molecule has 1 aromatic rings. The van der Waals surface area contributed by atoms with E-state index >= 15 is 0 Å². The van der Waals surface area contributed by atoms with Gasteiger partial charge in [-0.15, -0.1) is 0 Å². The van der Waals surface area contributed by atoms with E-state index in [1.54, 1.807) is 24.3 Å². The SMILES string of the molecule is CC(F)CCOc1cccc(C#N)c1. The summed E-state index contributed by atoms with van der Waals surface area (Å²) in [6.45, 7) is 1.83. The van der Waals surface area contributed by atoms with Gasteiger partial charge in [-0.2, -0.15) is 5.26 Å². The summed E-state index contributed by atoms with van der Waals surface area (Å²) in [4.78, 5) is 0. The van der Waals surface area contributed by atoms with Crippen molar-refractivity contribution in [2.45, 2.75) is 19.5 Å². The van der Waals surface area contributed by atoms with E-state index in [0.717, 1.165) is 0 Å². The summed E-state index contributed by atoms with van der Waals surface area (Å²) in [5.41, 5.74) is 0.552. The summed E-state index contributed by atoms with van der Waals surface area (Å²) >= 11 is 0. The molecule has 3 heteroatoms. The molecule has 0 saturated heterocycles. The van der Waals surface area contributed by atoms with Crippen molar-refractivity contribution in [3.05, 3.63) is 29.8 Å². The first-order chi connectivity index (χ1) is 6.72. The molecular weight excluding hydrogens is 181 g/mol. The quantitative estimate of drug-likeness (QED) is 0.736. The fourth-order valence-electron chi connectivity index (χ4n) is 0.995. The number of benzene rings is 1. The van der Waals surface area contributed by atoms with Crippen molar-refractivity contribution in [2.75, 3.05) is 6.61 Å². The number of rotatable bonds is 4. The summed E-state index contributed by atoms with van der Waals surface area (Å²) in [6, 6.07) is 8.85. The Morgan fingerprint density at radius 1 is 1.57 bits per heavy atom. The highest BCUT2D eigenvalue weighted by atomic mass is 19.1. The molecule has 0 bridgehead atoms. The molecule has 1 atom stereocenters. The van der Waals surface area contributed by atoms with Crippen LogP contribution in [-0.2, 0) is 0 Å². The number of halogens is 1. The highest BCUT2D eigenvalue weighted by Gasteiger charge is 1.99. The van der Waals surface area contributed by atoms with E-state index < -0.39 is 6.17 Å². The third-order valence-corrected chi connectivity index (χ3v) is 1.75. The van der Waals surface area contributed by atoms with Gasteiger partial charge in [-0.1, -0.05) is 6.07 Å². The average Bonchev–Trinajstić information content (AvgIpc) is 2.18. The van der Waals surface area contributed by atoms with Gasteiger partial charge in [-0.25, -0.2) is 4.39 Å². The third-order valence-electron chi connectivity index (χ3n) is 1.75. The summed E-state index contributed by atoms with van der Waals surface area (Å²) in [7, 11) is 0. The minimum Gasteiger partial charge on any atom is -0.493 e. The van der Waals surface area contributed by atoms with Gasteiger partial charge in [0.2, 0.25) is 0 Å². The largest absolute Gasteiger partial charge is 0.493 e. The normalized spacial score (nSPS) is 11.8. The molecule has 0 radical (unpaired) electrons. The number of hydrogen-bond acceptors (Lipinski definition) is 2. The monoisotopic (exact) mass is 193 g/mol. The Balaban J connectivity index is 2.47. The van der Waals surface area contributed by atoms with Crippen molar-refractivity contribution in [3.8, 4) is 11.8 Å². The van der Waals surface area contributed by atoms with E-state index in [-0.39, 0.29) is 0 Å². The molecule has 0 fully saturated rings. The Hall–Kier alpha value is -1.56. The van der Waals surface area contributed by atoms with Crippen molar-refractivity contribution in [3.63, 3.8) is 0 Å². The van der Waals surface area contributed by atoms with Crippen LogP contribution in [0.25, 0.3) is 0 Å². The number of ether oxygens (including phenoxy) is 1. The van der Waals surface area contributed by atoms with Gasteiger partial charge in [0.25, 0.3) is 0 Å². The highest BCUT2D eigenvalue weighted by Crippen LogP contribution is 2.13. The second kappa shape index (κ2) is 5.23. The number of nitrogens with zero attached hydrogens (tertiary/aromatic N) is 1. The summed E-state index contributed by atoms with van der Waals surface area (Å²) < 4.78 is 17.7. The van der Waals surface area contributed by atoms with E-state index in [0.29, 0.717) is 24.3 Å². The first-order valence-electron chi connectivity index (χ1n) is 4.49. The number of alkyl halides is 1. The smallest absolute Gasteiger partial charge is 0.120 e. The lowest BCUT2D eigenvalue weighted by molar-refractivity contribution is 0.247. The molecule has 14 heavy (non-hydrogen) atoms. The van der Waals surface area contributed by atoms with Crippen LogP contribution in [0.1, 0.15) is 18.9 Å². The van der Waals surface area contributed by atoms with Crippen molar-refractivity contribution in [1.82, 2.24) is 0 Å². The van der Waals surface area contributed by atoms with Crippen molar-refractivity contribution in [2.24, 2.45) is 0 Å². The first-order valence-corrected chi connectivity index (χ1v) is 4.49. The molecule has 2 nitrogen and oxygen atoms in total. The number of nitriles is 1. The van der Waals surface area contributed by atoms with Crippen LogP contribution in [0.4, 0.5) is 4.39 Å². The molecule has 0 N–H and O–H groups in total. The summed E-state index contributed by atoms with van der Waals surface area (Å²) in [5.74, 6) is 0.615. The second-order valence-electron chi connectivity index (χ2n) is 3.06. The zero-order valence-corrected chi connectivity index (χ0v) is 8.03. The van der Waals surface area contributed by atoms with Crippen LogP contribution in [0.2, 0.25) is 0 Å². The molecule has 0 aliphatic carbocycles. The van der Waals surface area contributed by atoms with E-state index in [1.807, 2.05) is 6.07 Å². The molecular formula is C11H12FNO. The van der Waals surface area contributed by atoms with E-state index in [1.165, 1.54) is 6.92 Å². The standard InChI is InChI=1S/C11H12FNO/c1-9(12)5-6-14-11-4-2-3-10(7-11)8-13/h2-4,7,9H,5-6H2,1H3. The van der Waals surface area contributed by atoms with Crippen molar-refractivity contribution in [1.29, 1.82) is 5.26 Å². The molecule has 0 amide bonds. The molecule has 0 aliphatic heterocycles. The van der Waals surface area contributed by atoms with Gasteiger partial charge in [0, 0.05) is 6.42 Å². The molecule has 0 aliphatic rings. The zero-order valence-electron chi connectivity index (χ0n) is 8.03. The Bertz CT molecular complexity index is 330. The van der Waals surface area contributed by atoms with Crippen LogP contribution in [0.5, 0.6) is 5.75 Å². The van der Waals surface area contributed by atoms with Gasteiger partial charge in [0.05, 0.1) is 18.2 Å². The van der Waals surface area contributed by atoms with Crippen LogP contribution >= 0.6 is 0 Å². The lowest BCUT2D eigenvalue weighted by atomic mass is 10.2. The maximum atomic E-state index is 12.4. The minimum absolute atomic E-state index is 0.340. The fraction of sp³-hybridized carbons (Fsp3) is 0.364. The predicted molar refractivity (Wildman–Crippen MR) is 51.8 cm³/mol. The number of hydrogen-bond donors (Lipinski definition) is 0. The van der Waals surface area contributed by atoms with Gasteiger partial charge in [0.1, 0.15) is 11.9 Å².